The van der Waals surface area contributed by atoms with E-state index in [4.69, 9.17) is 5.11 Å². The van der Waals surface area contributed by atoms with Crippen LogP contribution in [0, 0.1) is 17.2 Å². The molecule has 3 unspecified atom stereocenters. The number of allylic oxidation sites excluding steroid dienone is 1. The average molecular weight is 366 g/mol. The molecule has 1 aliphatic rings. The van der Waals surface area contributed by atoms with Gasteiger partial charge in [0, 0.05) is 0 Å². The molecule has 0 saturated heterocycles. The highest BCUT2D eigenvalue weighted by molar-refractivity contribution is 6.07. The van der Waals surface area contributed by atoms with E-state index in [2.05, 4.69) is 0 Å². The van der Waals surface area contributed by atoms with Crippen LogP contribution in [-0.4, -0.2) is 29.5 Å². The summed E-state index contributed by atoms with van der Waals surface area (Å²) in [6.45, 7) is 0.697. The minimum Gasteiger partial charge on any atom is -0.480 e. The van der Waals surface area contributed by atoms with Gasteiger partial charge in [-0.05, 0) is 30.2 Å². The minimum atomic E-state index is -3.43. The lowest BCUT2D eigenvalue weighted by Gasteiger charge is -2.38. The van der Waals surface area contributed by atoms with Gasteiger partial charge in [0.05, 0.1) is 11.0 Å². The Bertz CT molecular complexity index is 745. The molecule has 0 aliphatic heterocycles. The Hall–Kier alpha value is -2.32. The van der Waals surface area contributed by atoms with Gasteiger partial charge in [-0.15, -0.1) is 0 Å². The van der Waals surface area contributed by atoms with Crippen molar-refractivity contribution in [3.8, 4) is 0 Å². The minimum absolute atomic E-state index is 0.397. The quantitative estimate of drug-likeness (QED) is 0.646. The molecule has 3 atom stereocenters. The molecule has 0 saturated carbocycles. The summed E-state index contributed by atoms with van der Waals surface area (Å²) in [6.07, 6.45) is -8.82. The van der Waals surface area contributed by atoms with Crippen molar-refractivity contribution in [2.24, 2.45) is 11.3 Å². The first-order chi connectivity index (χ1) is 11.5. The van der Waals surface area contributed by atoms with Crippen LogP contribution >= 0.6 is 0 Å². The van der Waals surface area contributed by atoms with Crippen molar-refractivity contribution >= 4 is 17.3 Å². The monoisotopic (exact) mass is 366 g/mol. The number of carbonyl (C=O) groups is 2. The van der Waals surface area contributed by atoms with Crippen molar-refractivity contribution in [1.29, 1.82) is 0 Å². The molecule has 0 bridgehead atoms. The first kappa shape index (κ1) is 19.0. The number of benzene rings is 1. The van der Waals surface area contributed by atoms with Crippen LogP contribution in [0.4, 0.5) is 26.3 Å². The van der Waals surface area contributed by atoms with Crippen LogP contribution in [0.25, 0.3) is 5.57 Å². The summed E-state index contributed by atoms with van der Waals surface area (Å²) in [6, 6.07) is 2.00. The average Bonchev–Trinajstić information content (AvgIpc) is 2.51. The number of carboxylic acid groups (broad SMARTS) is 1. The van der Waals surface area contributed by atoms with Gasteiger partial charge in [-0.25, -0.2) is 26.3 Å². The van der Waals surface area contributed by atoms with Gasteiger partial charge < -0.3 is 5.11 Å². The highest BCUT2D eigenvalue weighted by atomic mass is 19.3. The molecule has 0 amide bonds. The van der Waals surface area contributed by atoms with Crippen LogP contribution < -0.4 is 0 Å². The number of carboxylic acids is 1. The van der Waals surface area contributed by atoms with Gasteiger partial charge in [-0.3, -0.25) is 9.59 Å². The summed E-state index contributed by atoms with van der Waals surface area (Å²) < 4.78 is 80.4. The van der Waals surface area contributed by atoms with E-state index in [0.717, 1.165) is 6.07 Å². The first-order valence-electron chi connectivity index (χ1n) is 7.00. The number of halogens is 6. The molecule has 0 aromatic heterocycles. The highest BCUT2D eigenvalue weighted by Gasteiger charge is 2.55. The zero-order chi connectivity index (χ0) is 19.1. The zero-order valence-electron chi connectivity index (χ0n) is 12.7. The lowest BCUT2D eigenvalue weighted by atomic mass is 9.67. The summed E-state index contributed by atoms with van der Waals surface area (Å²) in [5.74, 6) is -6.76. The van der Waals surface area contributed by atoms with Crippen LogP contribution in [0.2, 0.25) is 0 Å². The van der Waals surface area contributed by atoms with E-state index in [0.29, 0.717) is 25.1 Å². The van der Waals surface area contributed by atoms with Gasteiger partial charge >= 0.3 is 5.97 Å². The van der Waals surface area contributed by atoms with Crippen molar-refractivity contribution in [3.63, 3.8) is 0 Å². The molecule has 1 aliphatic carbocycles. The SMILES string of the molecule is CC1(C(F)F)C(c2ccc(C(F)F)c(F)c2)=CC(C(=O)O)C(=O)C1F. The maximum atomic E-state index is 14.4. The molecule has 1 aromatic carbocycles. The second-order valence-electron chi connectivity index (χ2n) is 5.78. The summed E-state index contributed by atoms with van der Waals surface area (Å²) in [4.78, 5) is 22.9. The van der Waals surface area contributed by atoms with Crippen LogP contribution in [0.15, 0.2) is 24.3 Å². The van der Waals surface area contributed by atoms with E-state index in [1.165, 1.54) is 0 Å². The number of carbonyl (C=O) groups excluding carboxylic acids is 1. The van der Waals surface area contributed by atoms with Crippen molar-refractivity contribution in [1.82, 2.24) is 0 Å². The van der Waals surface area contributed by atoms with Crippen LogP contribution in [-0.2, 0) is 9.59 Å². The third-order valence-corrected chi connectivity index (χ3v) is 4.26. The van der Waals surface area contributed by atoms with Gasteiger partial charge in [0.1, 0.15) is 11.7 Å². The van der Waals surface area contributed by atoms with E-state index in [9.17, 15) is 35.9 Å². The van der Waals surface area contributed by atoms with E-state index >= 15 is 0 Å². The number of ketones is 1. The molecule has 136 valence electrons. The van der Waals surface area contributed by atoms with E-state index in [1.807, 2.05) is 0 Å². The Balaban J connectivity index is 2.69. The predicted molar refractivity (Wildman–Crippen MR) is 74.5 cm³/mol. The maximum absolute atomic E-state index is 14.4. The molecule has 0 fully saturated rings. The Kier molecular flexibility index (Phi) is 4.97. The Morgan fingerprint density at radius 2 is 1.84 bits per heavy atom. The van der Waals surface area contributed by atoms with Crippen LogP contribution in [0.3, 0.4) is 0 Å². The summed E-state index contributed by atoms with van der Waals surface area (Å²) >= 11 is 0. The van der Waals surface area contributed by atoms with Crippen LogP contribution in [0.1, 0.15) is 24.5 Å². The highest BCUT2D eigenvalue weighted by Crippen LogP contribution is 2.49. The van der Waals surface area contributed by atoms with Crippen molar-refractivity contribution in [2.75, 3.05) is 0 Å². The Labute approximate surface area is 137 Å². The van der Waals surface area contributed by atoms with Gasteiger partial charge in [0.15, 0.2) is 12.0 Å². The summed E-state index contributed by atoms with van der Waals surface area (Å²) in [5.41, 5.74) is -4.74. The molecular formula is C16H12F6O3. The molecule has 2 rings (SSSR count). The fraction of sp³-hybridized carbons (Fsp3) is 0.375. The molecule has 25 heavy (non-hydrogen) atoms. The van der Waals surface area contributed by atoms with E-state index < -0.39 is 64.6 Å². The van der Waals surface area contributed by atoms with Crippen LogP contribution in [0.5, 0.6) is 0 Å². The smallest absolute Gasteiger partial charge is 0.318 e. The normalized spacial score (nSPS) is 26.9. The van der Waals surface area contributed by atoms with Gasteiger partial charge in [-0.1, -0.05) is 12.1 Å². The number of alkyl halides is 5. The molecule has 0 heterocycles. The second kappa shape index (κ2) is 6.53. The standard InChI is InChI=1S/C16H12F6O3/c1-16(15(21)22)9(5-8(14(24)25)11(23)12(16)18)6-2-3-7(13(19)20)10(17)4-6/h2-5,8,12-13,15H,1H3,(H,24,25). The maximum Gasteiger partial charge on any atom is 0.318 e. The molecule has 3 nitrogen and oxygen atoms in total. The molecule has 1 N–H and O–H groups in total. The van der Waals surface area contributed by atoms with Crippen molar-refractivity contribution in [2.45, 2.75) is 25.9 Å². The summed E-state index contributed by atoms with van der Waals surface area (Å²) in [7, 11) is 0. The van der Waals surface area contributed by atoms with Gasteiger partial charge in [0.25, 0.3) is 12.9 Å². The van der Waals surface area contributed by atoms with Crippen molar-refractivity contribution in [3.05, 3.63) is 41.2 Å². The number of hydrogen-bond donors (Lipinski definition) is 1. The fourth-order valence-electron chi connectivity index (χ4n) is 2.72. The topological polar surface area (TPSA) is 54.4 Å². The predicted octanol–water partition coefficient (Wildman–Crippen LogP) is 4.04. The second-order valence-corrected chi connectivity index (χ2v) is 5.78. The Morgan fingerprint density at radius 3 is 2.28 bits per heavy atom. The number of aliphatic carboxylic acids is 1. The zero-order valence-corrected chi connectivity index (χ0v) is 12.7. The lowest BCUT2D eigenvalue weighted by molar-refractivity contribution is -0.149. The number of hydrogen-bond acceptors (Lipinski definition) is 2. The van der Waals surface area contributed by atoms with E-state index in [-0.39, 0.29) is 0 Å². The molecular weight excluding hydrogens is 354 g/mol. The molecule has 1 aromatic rings. The summed E-state index contributed by atoms with van der Waals surface area (Å²) in [5, 5.41) is 8.98. The van der Waals surface area contributed by atoms with E-state index in [1.54, 1.807) is 0 Å². The lowest BCUT2D eigenvalue weighted by Crippen LogP contribution is -2.49. The van der Waals surface area contributed by atoms with Gasteiger partial charge in [0.2, 0.25) is 0 Å². The number of Topliss-reactive ketones (excluding diaryl/α,β-unsaturated/α-hetero) is 1. The van der Waals surface area contributed by atoms with Gasteiger partial charge in [-0.2, -0.15) is 0 Å². The molecule has 0 spiro atoms. The molecule has 9 heteroatoms. The Morgan fingerprint density at radius 1 is 1.24 bits per heavy atom. The first-order valence-corrected chi connectivity index (χ1v) is 7.00. The fourth-order valence-corrected chi connectivity index (χ4v) is 2.72. The van der Waals surface area contributed by atoms with Crippen molar-refractivity contribution < 1.29 is 41.0 Å². The third-order valence-electron chi connectivity index (χ3n) is 4.26. The molecule has 0 radical (unpaired) electrons. The number of rotatable bonds is 4. The largest absolute Gasteiger partial charge is 0.480 e. The third kappa shape index (κ3) is 3.03.